The van der Waals surface area contributed by atoms with E-state index in [1.165, 1.54) is 36.9 Å². The second-order valence-electron chi connectivity index (χ2n) is 8.16. The van der Waals surface area contributed by atoms with Crippen LogP contribution in [0.5, 0.6) is 5.75 Å². The van der Waals surface area contributed by atoms with E-state index in [9.17, 15) is 0 Å². The molecule has 2 aliphatic rings. The van der Waals surface area contributed by atoms with Crippen molar-refractivity contribution in [2.45, 2.75) is 57.6 Å². The number of hydrogen-bond acceptors (Lipinski definition) is 3. The van der Waals surface area contributed by atoms with Gasteiger partial charge in [0.2, 0.25) is 0 Å². The SMILES string of the molecule is C[C@@H]1Cc2ccccc2N1CCCNC(=S)Nc1ccc(OC2CCCC2)cc1. The first-order chi connectivity index (χ1) is 14.2. The highest BCUT2D eigenvalue weighted by molar-refractivity contribution is 7.80. The number of rotatable bonds is 7. The van der Waals surface area contributed by atoms with Gasteiger partial charge in [-0.15, -0.1) is 0 Å². The molecule has 0 bridgehead atoms. The lowest BCUT2D eigenvalue weighted by Crippen LogP contribution is -2.34. The summed E-state index contributed by atoms with van der Waals surface area (Å²) in [4.78, 5) is 2.51. The minimum absolute atomic E-state index is 0.391. The Morgan fingerprint density at radius 1 is 1.10 bits per heavy atom. The maximum absolute atomic E-state index is 6.02. The molecule has 0 amide bonds. The summed E-state index contributed by atoms with van der Waals surface area (Å²) >= 11 is 5.45. The molecule has 1 aliphatic heterocycles. The molecule has 0 unspecified atom stereocenters. The minimum atomic E-state index is 0.391. The summed E-state index contributed by atoms with van der Waals surface area (Å²) in [7, 11) is 0. The van der Waals surface area contributed by atoms with Crippen LogP contribution in [-0.4, -0.2) is 30.3 Å². The van der Waals surface area contributed by atoms with E-state index in [2.05, 4.69) is 46.7 Å². The number of benzene rings is 2. The Hall–Kier alpha value is -2.27. The summed E-state index contributed by atoms with van der Waals surface area (Å²) in [5.41, 5.74) is 3.84. The van der Waals surface area contributed by atoms with Gasteiger partial charge in [0.05, 0.1) is 6.10 Å². The van der Waals surface area contributed by atoms with Crippen LogP contribution in [0.3, 0.4) is 0 Å². The minimum Gasteiger partial charge on any atom is -0.490 e. The summed E-state index contributed by atoms with van der Waals surface area (Å²) < 4.78 is 6.02. The van der Waals surface area contributed by atoms with Crippen LogP contribution in [0.1, 0.15) is 44.6 Å². The van der Waals surface area contributed by atoms with Gasteiger partial charge in [0.1, 0.15) is 5.75 Å². The van der Waals surface area contributed by atoms with Gasteiger partial charge in [-0.2, -0.15) is 0 Å². The molecular formula is C24H31N3OS. The Labute approximate surface area is 179 Å². The highest BCUT2D eigenvalue weighted by atomic mass is 32.1. The molecule has 1 saturated carbocycles. The number of anilines is 2. The summed E-state index contributed by atoms with van der Waals surface area (Å²) in [5.74, 6) is 0.946. The predicted molar refractivity (Wildman–Crippen MR) is 125 cm³/mol. The van der Waals surface area contributed by atoms with Gasteiger partial charge in [0.25, 0.3) is 0 Å². The number of nitrogens with one attached hydrogen (secondary N) is 2. The highest BCUT2D eigenvalue weighted by Gasteiger charge is 2.24. The normalized spacial score (nSPS) is 18.5. The number of fused-ring (bicyclic) bond motifs is 1. The zero-order chi connectivity index (χ0) is 20.1. The number of ether oxygens (including phenoxy) is 1. The van der Waals surface area contributed by atoms with Crippen molar-refractivity contribution in [3.05, 3.63) is 54.1 Å². The Morgan fingerprint density at radius 2 is 1.86 bits per heavy atom. The smallest absolute Gasteiger partial charge is 0.170 e. The van der Waals surface area contributed by atoms with Crippen molar-refractivity contribution in [1.82, 2.24) is 5.32 Å². The molecule has 2 N–H and O–H groups in total. The van der Waals surface area contributed by atoms with Crippen molar-refractivity contribution in [2.24, 2.45) is 0 Å². The zero-order valence-electron chi connectivity index (χ0n) is 17.2. The van der Waals surface area contributed by atoms with Gasteiger partial charge in [0.15, 0.2) is 5.11 Å². The zero-order valence-corrected chi connectivity index (χ0v) is 18.0. The second kappa shape index (κ2) is 9.49. The first-order valence-corrected chi connectivity index (χ1v) is 11.3. The van der Waals surface area contributed by atoms with Gasteiger partial charge in [0, 0.05) is 30.5 Å². The van der Waals surface area contributed by atoms with Crippen molar-refractivity contribution in [2.75, 3.05) is 23.3 Å². The lowest BCUT2D eigenvalue weighted by molar-refractivity contribution is 0.210. The van der Waals surface area contributed by atoms with Gasteiger partial charge in [-0.05, 0) is 93.6 Å². The van der Waals surface area contributed by atoms with Crippen molar-refractivity contribution < 1.29 is 4.74 Å². The molecule has 0 aromatic heterocycles. The van der Waals surface area contributed by atoms with Gasteiger partial charge in [-0.25, -0.2) is 0 Å². The highest BCUT2D eigenvalue weighted by Crippen LogP contribution is 2.31. The molecule has 4 nitrogen and oxygen atoms in total. The number of thiocarbonyl (C=S) groups is 1. The first-order valence-electron chi connectivity index (χ1n) is 10.8. The monoisotopic (exact) mass is 409 g/mol. The van der Waals surface area contributed by atoms with Crippen LogP contribution in [0, 0.1) is 0 Å². The van der Waals surface area contributed by atoms with Crippen LogP contribution in [0.25, 0.3) is 0 Å². The lowest BCUT2D eigenvalue weighted by Gasteiger charge is -2.25. The Bertz CT molecular complexity index is 817. The van der Waals surface area contributed by atoms with Crippen molar-refractivity contribution in [3.8, 4) is 5.75 Å². The quantitative estimate of drug-likeness (QED) is 0.489. The largest absolute Gasteiger partial charge is 0.490 e. The molecule has 1 fully saturated rings. The van der Waals surface area contributed by atoms with Crippen LogP contribution in [0.4, 0.5) is 11.4 Å². The third-order valence-electron chi connectivity index (χ3n) is 5.93. The van der Waals surface area contributed by atoms with E-state index in [0.29, 0.717) is 17.3 Å². The molecule has 5 heteroatoms. The predicted octanol–water partition coefficient (Wildman–Crippen LogP) is 5.14. The summed E-state index contributed by atoms with van der Waals surface area (Å²) in [5, 5.41) is 7.27. The van der Waals surface area contributed by atoms with Gasteiger partial charge in [-0.1, -0.05) is 18.2 Å². The second-order valence-corrected chi connectivity index (χ2v) is 8.57. The van der Waals surface area contributed by atoms with Crippen molar-refractivity contribution in [3.63, 3.8) is 0 Å². The summed E-state index contributed by atoms with van der Waals surface area (Å²) in [6.07, 6.45) is 7.51. The third kappa shape index (κ3) is 5.21. The molecule has 4 rings (SSSR count). The molecule has 2 aromatic carbocycles. The van der Waals surface area contributed by atoms with E-state index < -0.39 is 0 Å². The molecule has 2 aromatic rings. The molecule has 1 aliphatic carbocycles. The van der Waals surface area contributed by atoms with Crippen LogP contribution in [0.15, 0.2) is 48.5 Å². The van der Waals surface area contributed by atoms with Crippen LogP contribution in [0.2, 0.25) is 0 Å². The topological polar surface area (TPSA) is 36.5 Å². The van der Waals surface area contributed by atoms with Gasteiger partial charge >= 0.3 is 0 Å². The molecule has 0 radical (unpaired) electrons. The van der Waals surface area contributed by atoms with Crippen LogP contribution >= 0.6 is 12.2 Å². The Balaban J connectivity index is 1.17. The molecule has 0 saturated heterocycles. The maximum Gasteiger partial charge on any atom is 0.170 e. The molecular weight excluding hydrogens is 378 g/mol. The Morgan fingerprint density at radius 3 is 2.66 bits per heavy atom. The van der Waals surface area contributed by atoms with Crippen LogP contribution < -0.4 is 20.3 Å². The average molecular weight is 410 g/mol. The van der Waals surface area contributed by atoms with Gasteiger partial charge < -0.3 is 20.3 Å². The van der Waals surface area contributed by atoms with E-state index in [0.717, 1.165) is 37.4 Å². The third-order valence-corrected chi connectivity index (χ3v) is 6.17. The molecule has 29 heavy (non-hydrogen) atoms. The van der Waals surface area contributed by atoms with E-state index in [1.54, 1.807) is 0 Å². The van der Waals surface area contributed by atoms with E-state index in [-0.39, 0.29) is 0 Å². The average Bonchev–Trinajstić information content (AvgIpc) is 3.34. The van der Waals surface area contributed by atoms with E-state index in [4.69, 9.17) is 17.0 Å². The van der Waals surface area contributed by atoms with Gasteiger partial charge in [-0.3, -0.25) is 0 Å². The van der Waals surface area contributed by atoms with Crippen molar-refractivity contribution in [1.29, 1.82) is 0 Å². The molecule has 1 heterocycles. The molecule has 0 spiro atoms. The maximum atomic E-state index is 6.02. The van der Waals surface area contributed by atoms with Crippen LogP contribution in [-0.2, 0) is 6.42 Å². The summed E-state index contributed by atoms with van der Waals surface area (Å²) in [6, 6.07) is 17.4. The number of nitrogens with zero attached hydrogens (tertiary/aromatic N) is 1. The molecule has 154 valence electrons. The fourth-order valence-corrected chi connectivity index (χ4v) is 4.63. The fourth-order valence-electron chi connectivity index (χ4n) is 4.41. The fraction of sp³-hybridized carbons (Fsp3) is 0.458. The van der Waals surface area contributed by atoms with E-state index >= 15 is 0 Å². The van der Waals surface area contributed by atoms with E-state index in [1.807, 2.05) is 24.3 Å². The summed E-state index contributed by atoms with van der Waals surface area (Å²) in [6.45, 7) is 4.21. The Kier molecular flexibility index (Phi) is 6.55. The standard InChI is InChI=1S/C24H31N3OS/c1-18-17-19-7-2-5-10-23(19)27(18)16-6-15-25-24(29)26-20-11-13-22(14-12-20)28-21-8-3-4-9-21/h2,5,7,10-14,18,21H,3-4,6,8-9,15-17H2,1H3,(H2,25,26,29)/t18-/m1/s1. The van der Waals surface area contributed by atoms with Crippen molar-refractivity contribution >= 4 is 28.7 Å². The molecule has 1 atom stereocenters. The number of para-hydroxylation sites is 1. The first kappa shape index (κ1) is 20.0. The number of hydrogen-bond donors (Lipinski definition) is 2. The lowest BCUT2D eigenvalue weighted by atomic mass is 10.1.